The molecule has 0 spiro atoms. The predicted molar refractivity (Wildman–Crippen MR) is 126 cm³/mol. The first kappa shape index (κ1) is 21.1. The highest BCUT2D eigenvalue weighted by molar-refractivity contribution is 7.16. The minimum Gasteiger partial charge on any atom is -0.490 e. The standard InChI is InChI=1S/C26H26N2O2S/c1-2-29-24-16-20(12-13-23(24)30-15-14-19-8-4-3-5-9-19)18-28-26-22(17-27)21-10-6-7-11-25(21)31-26/h3-5,8-9,12-13,16,18H,2,6-7,10-11,14-15H2,1H3. The summed E-state index contributed by atoms with van der Waals surface area (Å²) < 4.78 is 11.8. The van der Waals surface area contributed by atoms with Crippen LogP contribution in [0.2, 0.25) is 0 Å². The smallest absolute Gasteiger partial charge is 0.161 e. The summed E-state index contributed by atoms with van der Waals surface area (Å²) in [5.74, 6) is 1.45. The first-order valence-corrected chi connectivity index (χ1v) is 11.6. The van der Waals surface area contributed by atoms with Crippen molar-refractivity contribution in [2.24, 2.45) is 4.99 Å². The molecule has 0 bridgehead atoms. The van der Waals surface area contributed by atoms with Gasteiger partial charge in [-0.15, -0.1) is 11.3 Å². The maximum Gasteiger partial charge on any atom is 0.161 e. The molecule has 0 saturated heterocycles. The van der Waals surface area contributed by atoms with Crippen molar-refractivity contribution in [1.82, 2.24) is 0 Å². The van der Waals surface area contributed by atoms with Gasteiger partial charge in [0.05, 0.1) is 18.8 Å². The largest absolute Gasteiger partial charge is 0.490 e. The van der Waals surface area contributed by atoms with Gasteiger partial charge in [0, 0.05) is 17.5 Å². The summed E-state index contributed by atoms with van der Waals surface area (Å²) >= 11 is 1.66. The number of aliphatic imine (C=N–C) groups is 1. The van der Waals surface area contributed by atoms with E-state index in [2.05, 4.69) is 23.2 Å². The van der Waals surface area contributed by atoms with E-state index in [1.807, 2.05) is 49.5 Å². The molecule has 158 valence electrons. The molecule has 0 fully saturated rings. The van der Waals surface area contributed by atoms with Crippen LogP contribution >= 0.6 is 11.3 Å². The summed E-state index contributed by atoms with van der Waals surface area (Å²) in [5.41, 5.74) is 4.13. The number of rotatable bonds is 8. The van der Waals surface area contributed by atoms with Crippen LogP contribution in [0.5, 0.6) is 11.5 Å². The van der Waals surface area contributed by atoms with Crippen LogP contribution in [0, 0.1) is 11.3 Å². The summed E-state index contributed by atoms with van der Waals surface area (Å²) in [7, 11) is 0. The summed E-state index contributed by atoms with van der Waals surface area (Å²) in [4.78, 5) is 5.99. The molecule has 1 heterocycles. The van der Waals surface area contributed by atoms with Crippen molar-refractivity contribution in [2.75, 3.05) is 13.2 Å². The van der Waals surface area contributed by atoms with Gasteiger partial charge >= 0.3 is 0 Å². The zero-order valence-corrected chi connectivity index (χ0v) is 18.6. The molecule has 31 heavy (non-hydrogen) atoms. The van der Waals surface area contributed by atoms with Gasteiger partial charge in [0.25, 0.3) is 0 Å². The second-order valence-corrected chi connectivity index (χ2v) is 8.57. The average Bonchev–Trinajstić information content (AvgIpc) is 3.17. The van der Waals surface area contributed by atoms with Gasteiger partial charge in [0.1, 0.15) is 11.1 Å². The van der Waals surface area contributed by atoms with Gasteiger partial charge in [0.15, 0.2) is 11.5 Å². The van der Waals surface area contributed by atoms with Gasteiger partial charge in [-0.05, 0) is 67.5 Å². The Labute approximate surface area is 187 Å². The Morgan fingerprint density at radius 2 is 1.90 bits per heavy atom. The van der Waals surface area contributed by atoms with Crippen LogP contribution in [0.25, 0.3) is 0 Å². The number of benzene rings is 2. The van der Waals surface area contributed by atoms with E-state index in [0.717, 1.165) is 47.6 Å². The van der Waals surface area contributed by atoms with Crippen molar-refractivity contribution < 1.29 is 9.47 Å². The van der Waals surface area contributed by atoms with Crippen LogP contribution < -0.4 is 9.47 Å². The summed E-state index contributed by atoms with van der Waals surface area (Å²) in [6.07, 6.45) is 7.07. The Hall–Kier alpha value is -3.10. The third kappa shape index (κ3) is 5.15. The fourth-order valence-electron chi connectivity index (χ4n) is 3.81. The predicted octanol–water partition coefficient (Wildman–Crippen LogP) is 6.27. The number of thiophene rings is 1. The molecule has 0 unspecified atom stereocenters. The van der Waals surface area contributed by atoms with Crippen LogP contribution in [0.1, 0.15) is 46.9 Å². The minimum absolute atomic E-state index is 0.561. The van der Waals surface area contributed by atoms with Gasteiger partial charge < -0.3 is 9.47 Å². The zero-order chi connectivity index (χ0) is 21.5. The van der Waals surface area contributed by atoms with Crippen LogP contribution in [0.4, 0.5) is 5.00 Å². The second kappa shape index (κ2) is 10.3. The van der Waals surface area contributed by atoms with Crippen molar-refractivity contribution in [3.05, 3.63) is 75.7 Å². The molecule has 1 aliphatic carbocycles. The molecule has 1 aliphatic rings. The highest BCUT2D eigenvalue weighted by atomic mass is 32.1. The SMILES string of the molecule is CCOc1cc(C=Nc2sc3c(c2C#N)CCCC3)ccc1OCCc1ccccc1. The molecule has 1 aromatic heterocycles. The van der Waals surface area contributed by atoms with Gasteiger partial charge in [-0.2, -0.15) is 5.26 Å². The van der Waals surface area contributed by atoms with E-state index in [1.54, 1.807) is 11.3 Å². The number of fused-ring (bicyclic) bond motifs is 1. The summed E-state index contributed by atoms with van der Waals surface area (Å²) in [5, 5.41) is 10.4. The Bertz CT molecular complexity index is 1100. The molecule has 0 amide bonds. The molecule has 0 atom stereocenters. The van der Waals surface area contributed by atoms with Crippen molar-refractivity contribution in [2.45, 2.75) is 39.0 Å². The molecule has 3 aromatic rings. The van der Waals surface area contributed by atoms with Crippen LogP contribution in [-0.2, 0) is 19.3 Å². The summed E-state index contributed by atoms with van der Waals surface area (Å²) in [6, 6.07) is 18.5. The highest BCUT2D eigenvalue weighted by Gasteiger charge is 2.20. The lowest BCUT2D eigenvalue weighted by molar-refractivity contribution is 0.279. The van der Waals surface area contributed by atoms with Crippen molar-refractivity contribution >= 4 is 22.6 Å². The Morgan fingerprint density at radius 1 is 1.06 bits per heavy atom. The number of aryl methyl sites for hydroxylation is 1. The molecular weight excluding hydrogens is 404 g/mol. The molecule has 0 N–H and O–H groups in total. The lowest BCUT2D eigenvalue weighted by Crippen LogP contribution is -2.04. The third-order valence-electron chi connectivity index (χ3n) is 5.35. The number of nitrogens with zero attached hydrogens (tertiary/aromatic N) is 2. The average molecular weight is 431 g/mol. The van der Waals surface area contributed by atoms with Crippen LogP contribution in [-0.4, -0.2) is 19.4 Å². The lowest BCUT2D eigenvalue weighted by Gasteiger charge is -2.12. The third-order valence-corrected chi connectivity index (χ3v) is 6.55. The van der Waals surface area contributed by atoms with E-state index in [0.29, 0.717) is 19.0 Å². The van der Waals surface area contributed by atoms with Crippen molar-refractivity contribution in [1.29, 1.82) is 5.26 Å². The molecule has 0 saturated carbocycles. The molecule has 4 nitrogen and oxygen atoms in total. The van der Waals surface area contributed by atoms with Crippen LogP contribution in [0.3, 0.4) is 0 Å². The maximum atomic E-state index is 9.62. The highest BCUT2D eigenvalue weighted by Crippen LogP contribution is 2.39. The molecule has 4 rings (SSSR count). The second-order valence-electron chi connectivity index (χ2n) is 7.48. The Balaban J connectivity index is 1.48. The van der Waals surface area contributed by atoms with E-state index in [1.165, 1.54) is 22.4 Å². The van der Waals surface area contributed by atoms with E-state index < -0.39 is 0 Å². The molecule has 2 aromatic carbocycles. The lowest BCUT2D eigenvalue weighted by atomic mass is 9.96. The van der Waals surface area contributed by atoms with E-state index in [-0.39, 0.29) is 0 Å². The zero-order valence-electron chi connectivity index (χ0n) is 17.8. The van der Waals surface area contributed by atoms with E-state index >= 15 is 0 Å². The molecule has 5 heteroatoms. The van der Waals surface area contributed by atoms with Crippen LogP contribution in [0.15, 0.2) is 53.5 Å². The molecule has 0 aliphatic heterocycles. The first-order chi connectivity index (χ1) is 15.3. The number of ether oxygens (including phenoxy) is 2. The first-order valence-electron chi connectivity index (χ1n) is 10.8. The fourth-order valence-corrected chi connectivity index (χ4v) is 4.99. The Kier molecular flexibility index (Phi) is 7.01. The number of hydrogen-bond donors (Lipinski definition) is 0. The minimum atomic E-state index is 0.561. The quantitative estimate of drug-likeness (QED) is 0.396. The topological polar surface area (TPSA) is 54.6 Å². The van der Waals surface area contributed by atoms with Gasteiger partial charge in [-0.3, -0.25) is 0 Å². The fraction of sp³-hybridized carbons (Fsp3) is 0.308. The van der Waals surface area contributed by atoms with E-state index in [9.17, 15) is 5.26 Å². The van der Waals surface area contributed by atoms with E-state index in [4.69, 9.17) is 9.47 Å². The number of nitriles is 1. The van der Waals surface area contributed by atoms with Gasteiger partial charge in [-0.25, -0.2) is 4.99 Å². The van der Waals surface area contributed by atoms with Crippen molar-refractivity contribution in [3.8, 4) is 17.6 Å². The number of hydrogen-bond acceptors (Lipinski definition) is 5. The maximum absolute atomic E-state index is 9.62. The normalized spacial score (nSPS) is 13.0. The summed E-state index contributed by atoms with van der Waals surface area (Å²) in [6.45, 7) is 3.11. The monoisotopic (exact) mass is 430 g/mol. The van der Waals surface area contributed by atoms with Gasteiger partial charge in [-0.1, -0.05) is 30.3 Å². The van der Waals surface area contributed by atoms with Gasteiger partial charge in [0.2, 0.25) is 0 Å². The molecular formula is C26H26N2O2S. The Morgan fingerprint density at radius 3 is 2.71 bits per heavy atom. The molecule has 0 radical (unpaired) electrons. The van der Waals surface area contributed by atoms with Crippen molar-refractivity contribution in [3.63, 3.8) is 0 Å².